The van der Waals surface area contributed by atoms with E-state index >= 15 is 0 Å². The fraction of sp³-hybridized carbons (Fsp3) is 0.0556. The minimum Gasteiger partial charge on any atom is -0.497 e. The maximum absolute atomic E-state index is 11.2. The number of aromatic nitrogens is 2. The molecule has 1 aromatic heterocycles. The largest absolute Gasteiger partial charge is 0.497 e. The summed E-state index contributed by atoms with van der Waals surface area (Å²) in [6.07, 6.45) is 0.593. The summed E-state index contributed by atoms with van der Waals surface area (Å²) >= 11 is 5.92. The number of nitrogens with two attached hydrogens (primary N) is 1. The van der Waals surface area contributed by atoms with Crippen LogP contribution in [0.1, 0.15) is 10.4 Å². The summed E-state index contributed by atoms with van der Waals surface area (Å²) < 4.78 is 5.16. The highest BCUT2D eigenvalue weighted by Gasteiger charge is 2.11. The molecule has 0 saturated carbocycles. The monoisotopic (exact) mass is 354 g/mol. The average Bonchev–Trinajstić information content (AvgIpc) is 2.62. The highest BCUT2D eigenvalue weighted by atomic mass is 35.5. The summed E-state index contributed by atoms with van der Waals surface area (Å²) in [7, 11) is 1.63. The van der Waals surface area contributed by atoms with Crippen LogP contribution in [0.25, 0.3) is 11.1 Å². The topological polar surface area (TPSA) is 90.1 Å². The maximum atomic E-state index is 11.2. The van der Waals surface area contributed by atoms with Crippen molar-refractivity contribution in [2.75, 3.05) is 18.2 Å². The molecule has 0 bridgehead atoms. The van der Waals surface area contributed by atoms with Gasteiger partial charge in [-0.1, -0.05) is 35.9 Å². The third-order valence-corrected chi connectivity index (χ3v) is 3.89. The normalized spacial score (nSPS) is 10.3. The van der Waals surface area contributed by atoms with Crippen molar-refractivity contribution in [2.45, 2.75) is 0 Å². The smallest absolute Gasteiger partial charge is 0.223 e. The number of hydrogen-bond donors (Lipinski definition) is 2. The second-order valence-electron chi connectivity index (χ2n) is 5.18. The molecule has 0 atom stereocenters. The van der Waals surface area contributed by atoms with Crippen molar-refractivity contribution in [1.29, 1.82) is 0 Å². The molecule has 0 radical (unpaired) electrons. The molecule has 3 N–H and O–H groups in total. The zero-order chi connectivity index (χ0) is 17.8. The van der Waals surface area contributed by atoms with Crippen molar-refractivity contribution >= 4 is 35.3 Å². The maximum Gasteiger partial charge on any atom is 0.223 e. The molecule has 0 saturated heterocycles. The lowest BCUT2D eigenvalue weighted by Crippen LogP contribution is -2.05. The van der Waals surface area contributed by atoms with Gasteiger partial charge in [-0.2, -0.15) is 4.98 Å². The Hall–Kier alpha value is -3.12. The number of aldehydes is 1. The molecule has 0 spiro atoms. The van der Waals surface area contributed by atoms with Gasteiger partial charge in [0.25, 0.3) is 0 Å². The molecule has 0 aliphatic heterocycles. The number of nitrogens with one attached hydrogen (secondary N) is 1. The molecule has 126 valence electrons. The Bertz CT molecular complexity index is 896. The molecular formula is C18H15ClN4O2. The van der Waals surface area contributed by atoms with E-state index in [4.69, 9.17) is 22.1 Å². The number of rotatable bonds is 5. The molecule has 0 unspecified atom stereocenters. The molecule has 25 heavy (non-hydrogen) atoms. The standard InChI is InChI=1S/C18H15ClN4O2/c1-25-14-8-4-12(5-9-14)11-2-6-13(7-3-11)21-17-15(10-24)16(19)22-18(20)23-17/h2-10H,1H3,(H3,20,21,22,23). The van der Waals surface area contributed by atoms with Crippen LogP contribution in [0.5, 0.6) is 5.75 Å². The van der Waals surface area contributed by atoms with Crippen LogP contribution in [-0.4, -0.2) is 23.4 Å². The minimum atomic E-state index is -0.00653. The van der Waals surface area contributed by atoms with Crippen molar-refractivity contribution in [3.05, 3.63) is 59.2 Å². The van der Waals surface area contributed by atoms with Crippen molar-refractivity contribution in [2.24, 2.45) is 0 Å². The van der Waals surface area contributed by atoms with Gasteiger partial charge >= 0.3 is 0 Å². The summed E-state index contributed by atoms with van der Waals surface area (Å²) in [4.78, 5) is 19.0. The Labute approximate surface area is 149 Å². The van der Waals surface area contributed by atoms with Gasteiger partial charge in [-0.25, -0.2) is 4.98 Å². The Morgan fingerprint density at radius 2 is 1.64 bits per heavy atom. The van der Waals surface area contributed by atoms with E-state index in [-0.39, 0.29) is 22.5 Å². The van der Waals surface area contributed by atoms with E-state index in [9.17, 15) is 4.79 Å². The molecule has 1 heterocycles. The summed E-state index contributed by atoms with van der Waals surface area (Å²) in [6, 6.07) is 15.4. The predicted octanol–water partition coefficient (Wildman–Crippen LogP) is 3.94. The summed E-state index contributed by atoms with van der Waals surface area (Å²) in [5, 5.41) is 3.05. The fourth-order valence-corrected chi connectivity index (χ4v) is 2.54. The zero-order valence-corrected chi connectivity index (χ0v) is 14.1. The van der Waals surface area contributed by atoms with E-state index in [0.717, 1.165) is 22.6 Å². The SMILES string of the molecule is COc1ccc(-c2ccc(Nc3nc(N)nc(Cl)c3C=O)cc2)cc1. The summed E-state index contributed by atoms with van der Waals surface area (Å²) in [5.74, 6) is 1.07. The number of carbonyl (C=O) groups is 1. The molecule has 2 aromatic carbocycles. The van der Waals surface area contributed by atoms with Crippen LogP contribution < -0.4 is 15.8 Å². The molecular weight excluding hydrogens is 340 g/mol. The molecule has 3 aromatic rings. The second-order valence-corrected chi connectivity index (χ2v) is 5.54. The van der Waals surface area contributed by atoms with Crippen molar-refractivity contribution < 1.29 is 9.53 Å². The Morgan fingerprint density at radius 1 is 1.04 bits per heavy atom. The zero-order valence-electron chi connectivity index (χ0n) is 13.4. The van der Waals surface area contributed by atoms with Gasteiger partial charge in [0.15, 0.2) is 6.29 Å². The number of ether oxygens (including phenoxy) is 1. The van der Waals surface area contributed by atoms with Gasteiger partial charge in [0, 0.05) is 5.69 Å². The van der Waals surface area contributed by atoms with E-state index < -0.39 is 0 Å². The lowest BCUT2D eigenvalue weighted by molar-refractivity contribution is 0.112. The van der Waals surface area contributed by atoms with Crippen LogP contribution in [0.15, 0.2) is 48.5 Å². The van der Waals surface area contributed by atoms with Crippen molar-refractivity contribution in [3.8, 4) is 16.9 Å². The first-order chi connectivity index (χ1) is 12.1. The number of anilines is 3. The van der Waals surface area contributed by atoms with Crippen molar-refractivity contribution in [1.82, 2.24) is 9.97 Å². The molecule has 0 aliphatic rings. The van der Waals surface area contributed by atoms with Crippen LogP contribution in [0.4, 0.5) is 17.5 Å². The van der Waals surface area contributed by atoms with Crippen LogP contribution >= 0.6 is 11.6 Å². The lowest BCUT2D eigenvalue weighted by atomic mass is 10.1. The lowest BCUT2D eigenvalue weighted by Gasteiger charge is -2.10. The van der Waals surface area contributed by atoms with Crippen LogP contribution in [-0.2, 0) is 0 Å². The Kier molecular flexibility index (Phi) is 4.81. The Morgan fingerprint density at radius 3 is 2.20 bits per heavy atom. The van der Waals surface area contributed by atoms with Gasteiger partial charge in [0.1, 0.15) is 16.7 Å². The molecule has 0 fully saturated rings. The van der Waals surface area contributed by atoms with Crippen LogP contribution in [0.2, 0.25) is 5.15 Å². The van der Waals surface area contributed by atoms with E-state index in [1.165, 1.54) is 0 Å². The molecule has 3 rings (SSSR count). The number of benzene rings is 2. The number of methoxy groups -OCH3 is 1. The summed E-state index contributed by atoms with van der Waals surface area (Å²) in [5.41, 5.74) is 8.61. The number of halogens is 1. The first-order valence-electron chi connectivity index (χ1n) is 7.40. The van der Waals surface area contributed by atoms with Gasteiger partial charge in [0.05, 0.1) is 12.7 Å². The third-order valence-electron chi connectivity index (χ3n) is 3.61. The van der Waals surface area contributed by atoms with E-state index in [1.54, 1.807) is 7.11 Å². The first-order valence-corrected chi connectivity index (χ1v) is 7.78. The fourth-order valence-electron chi connectivity index (χ4n) is 2.32. The predicted molar refractivity (Wildman–Crippen MR) is 98.6 cm³/mol. The van der Waals surface area contributed by atoms with E-state index in [2.05, 4.69) is 15.3 Å². The van der Waals surface area contributed by atoms with Crippen LogP contribution in [0, 0.1) is 0 Å². The molecule has 0 amide bonds. The van der Waals surface area contributed by atoms with Crippen molar-refractivity contribution in [3.63, 3.8) is 0 Å². The number of hydrogen-bond acceptors (Lipinski definition) is 6. The minimum absolute atomic E-state index is 0.00653. The highest BCUT2D eigenvalue weighted by molar-refractivity contribution is 6.32. The molecule has 6 nitrogen and oxygen atoms in total. The number of carbonyl (C=O) groups excluding carboxylic acids is 1. The number of nitrogens with zero attached hydrogens (tertiary/aromatic N) is 2. The number of nitrogen functional groups attached to an aromatic ring is 1. The van der Waals surface area contributed by atoms with Gasteiger partial charge in [-0.15, -0.1) is 0 Å². The summed E-state index contributed by atoms with van der Waals surface area (Å²) in [6.45, 7) is 0. The second kappa shape index (κ2) is 7.19. The van der Waals surface area contributed by atoms with Gasteiger partial charge < -0.3 is 15.8 Å². The van der Waals surface area contributed by atoms with Gasteiger partial charge in [-0.05, 0) is 35.4 Å². The average molecular weight is 355 g/mol. The first kappa shape index (κ1) is 16.7. The third kappa shape index (κ3) is 3.70. The molecule has 0 aliphatic carbocycles. The van der Waals surface area contributed by atoms with E-state index in [1.807, 2.05) is 48.5 Å². The molecule has 7 heteroatoms. The van der Waals surface area contributed by atoms with E-state index in [0.29, 0.717) is 6.29 Å². The van der Waals surface area contributed by atoms with Gasteiger partial charge in [0.2, 0.25) is 5.95 Å². The highest BCUT2D eigenvalue weighted by Crippen LogP contribution is 2.27. The van der Waals surface area contributed by atoms with Crippen LogP contribution in [0.3, 0.4) is 0 Å². The Balaban J connectivity index is 1.84. The van der Waals surface area contributed by atoms with Gasteiger partial charge in [-0.3, -0.25) is 4.79 Å². The quantitative estimate of drug-likeness (QED) is 0.532.